The van der Waals surface area contributed by atoms with Gasteiger partial charge < -0.3 is 10.6 Å². The summed E-state index contributed by atoms with van der Waals surface area (Å²) in [6.07, 6.45) is 6.63. The molecule has 0 aromatic carbocycles. The Morgan fingerprint density at radius 3 is 3.00 bits per heavy atom. The zero-order valence-electron chi connectivity index (χ0n) is 10.8. The second-order valence-corrected chi connectivity index (χ2v) is 6.11. The molecule has 1 aliphatic heterocycles. The van der Waals surface area contributed by atoms with Crippen LogP contribution in [0.4, 0.5) is 0 Å². The molecule has 0 bridgehead atoms. The normalized spacial score (nSPS) is 21.4. The number of rotatable bonds is 5. The third-order valence-electron chi connectivity index (χ3n) is 3.42. The number of hydrogen-bond acceptors (Lipinski definition) is 3. The molecule has 0 radical (unpaired) electrons. The molecule has 0 spiro atoms. The highest BCUT2D eigenvalue weighted by molar-refractivity contribution is 7.11. The molecule has 2 N–H and O–H groups in total. The van der Waals surface area contributed by atoms with E-state index in [0.717, 1.165) is 19.5 Å². The summed E-state index contributed by atoms with van der Waals surface area (Å²) in [6.45, 7) is 5.56. The second-order valence-electron chi connectivity index (χ2n) is 4.85. The fourth-order valence-corrected chi connectivity index (χ4v) is 3.28. The first-order valence-corrected chi connectivity index (χ1v) is 7.72. The van der Waals surface area contributed by atoms with Crippen molar-refractivity contribution in [3.63, 3.8) is 0 Å². The zero-order chi connectivity index (χ0) is 11.9. The second kappa shape index (κ2) is 7.14. The lowest BCUT2D eigenvalue weighted by atomic mass is 10.1. The van der Waals surface area contributed by atoms with E-state index in [0.29, 0.717) is 6.04 Å². The van der Waals surface area contributed by atoms with E-state index in [1.54, 1.807) is 0 Å². The van der Waals surface area contributed by atoms with Gasteiger partial charge in [-0.1, -0.05) is 19.8 Å². The van der Waals surface area contributed by atoms with Crippen molar-refractivity contribution in [2.45, 2.75) is 51.6 Å². The van der Waals surface area contributed by atoms with Gasteiger partial charge >= 0.3 is 0 Å². The van der Waals surface area contributed by atoms with Gasteiger partial charge in [0.25, 0.3) is 0 Å². The van der Waals surface area contributed by atoms with Gasteiger partial charge in [0, 0.05) is 28.9 Å². The fourth-order valence-electron chi connectivity index (χ4n) is 2.35. The Morgan fingerprint density at radius 1 is 1.29 bits per heavy atom. The van der Waals surface area contributed by atoms with E-state index in [-0.39, 0.29) is 0 Å². The number of hydrogen-bond donors (Lipinski definition) is 2. The van der Waals surface area contributed by atoms with Crippen LogP contribution < -0.4 is 10.6 Å². The maximum Gasteiger partial charge on any atom is 0.0300 e. The van der Waals surface area contributed by atoms with Gasteiger partial charge in [-0.3, -0.25) is 0 Å². The average Bonchev–Trinajstić information content (AvgIpc) is 2.65. The largest absolute Gasteiger partial charge is 0.313 e. The van der Waals surface area contributed by atoms with Gasteiger partial charge in [-0.2, -0.15) is 0 Å². The van der Waals surface area contributed by atoms with Crippen LogP contribution in [0.3, 0.4) is 0 Å². The van der Waals surface area contributed by atoms with E-state index in [2.05, 4.69) is 29.7 Å². The van der Waals surface area contributed by atoms with Crippen molar-refractivity contribution in [3.05, 3.63) is 21.9 Å². The molecule has 0 aliphatic carbocycles. The Morgan fingerprint density at radius 2 is 2.18 bits per heavy atom. The third kappa shape index (κ3) is 4.41. The molecule has 2 rings (SSSR count). The summed E-state index contributed by atoms with van der Waals surface area (Å²) in [4.78, 5) is 2.96. The summed E-state index contributed by atoms with van der Waals surface area (Å²) >= 11 is 1.94. The molecule has 17 heavy (non-hydrogen) atoms. The van der Waals surface area contributed by atoms with Gasteiger partial charge in [0.05, 0.1) is 0 Å². The Hall–Kier alpha value is -0.380. The average molecular weight is 252 g/mol. The van der Waals surface area contributed by atoms with Crippen LogP contribution in [-0.2, 0) is 13.0 Å². The molecule has 0 saturated carbocycles. The minimum atomic E-state index is 0.683. The van der Waals surface area contributed by atoms with Crippen molar-refractivity contribution >= 4 is 11.3 Å². The molecule has 96 valence electrons. The van der Waals surface area contributed by atoms with E-state index in [1.165, 1.54) is 42.0 Å². The molecule has 1 saturated heterocycles. The van der Waals surface area contributed by atoms with E-state index in [1.807, 2.05) is 11.3 Å². The summed E-state index contributed by atoms with van der Waals surface area (Å²) in [5, 5.41) is 7.21. The molecule has 1 unspecified atom stereocenters. The molecular formula is C14H24N2S. The highest BCUT2D eigenvalue weighted by atomic mass is 32.1. The maximum absolute atomic E-state index is 3.63. The summed E-state index contributed by atoms with van der Waals surface area (Å²) in [6, 6.07) is 5.20. The van der Waals surface area contributed by atoms with Crippen LogP contribution in [0.5, 0.6) is 0 Å². The first kappa shape index (κ1) is 13.1. The van der Waals surface area contributed by atoms with Gasteiger partial charge in [-0.15, -0.1) is 11.3 Å². The molecule has 0 amide bonds. The van der Waals surface area contributed by atoms with Crippen molar-refractivity contribution in [3.8, 4) is 0 Å². The van der Waals surface area contributed by atoms with Crippen LogP contribution >= 0.6 is 11.3 Å². The van der Waals surface area contributed by atoms with E-state index < -0.39 is 0 Å². The topological polar surface area (TPSA) is 24.1 Å². The van der Waals surface area contributed by atoms with Crippen molar-refractivity contribution in [2.24, 2.45) is 0 Å². The van der Waals surface area contributed by atoms with E-state index in [4.69, 9.17) is 0 Å². The lowest BCUT2D eigenvalue weighted by Crippen LogP contribution is -2.37. The highest BCUT2D eigenvalue weighted by Gasteiger charge is 2.10. The van der Waals surface area contributed by atoms with Gasteiger partial charge in [0.1, 0.15) is 0 Å². The van der Waals surface area contributed by atoms with Crippen LogP contribution in [0.1, 0.15) is 42.4 Å². The summed E-state index contributed by atoms with van der Waals surface area (Å²) in [5.41, 5.74) is 0. The predicted octanol–water partition coefficient (Wildman–Crippen LogP) is 2.93. The first-order valence-electron chi connectivity index (χ1n) is 6.90. The SMILES string of the molecule is CCc1ccc(CNCC2CCCCCN2)s1. The van der Waals surface area contributed by atoms with Crippen molar-refractivity contribution in [2.75, 3.05) is 13.1 Å². The summed E-state index contributed by atoms with van der Waals surface area (Å²) in [5.74, 6) is 0. The van der Waals surface area contributed by atoms with Gasteiger partial charge in [0.2, 0.25) is 0 Å². The number of aryl methyl sites for hydroxylation is 1. The van der Waals surface area contributed by atoms with Gasteiger partial charge in [0.15, 0.2) is 0 Å². The number of thiophene rings is 1. The Kier molecular flexibility index (Phi) is 5.49. The maximum atomic E-state index is 3.63. The van der Waals surface area contributed by atoms with E-state index >= 15 is 0 Å². The van der Waals surface area contributed by atoms with Crippen molar-refractivity contribution in [1.82, 2.24) is 10.6 Å². The van der Waals surface area contributed by atoms with Gasteiger partial charge in [-0.25, -0.2) is 0 Å². The predicted molar refractivity (Wildman–Crippen MR) is 75.7 cm³/mol. The highest BCUT2D eigenvalue weighted by Crippen LogP contribution is 2.16. The lowest BCUT2D eigenvalue weighted by Gasteiger charge is -2.15. The van der Waals surface area contributed by atoms with Crippen LogP contribution in [0.25, 0.3) is 0 Å². The quantitative estimate of drug-likeness (QED) is 0.842. The standard InChI is InChI=1S/C14H24N2S/c1-2-13-7-8-14(17-13)11-15-10-12-6-4-3-5-9-16-12/h7-8,12,15-16H,2-6,9-11H2,1H3. The zero-order valence-corrected chi connectivity index (χ0v) is 11.6. The smallest absolute Gasteiger partial charge is 0.0300 e. The minimum absolute atomic E-state index is 0.683. The molecule has 1 aliphatic rings. The lowest BCUT2D eigenvalue weighted by molar-refractivity contribution is 0.471. The fraction of sp³-hybridized carbons (Fsp3) is 0.714. The van der Waals surface area contributed by atoms with Crippen LogP contribution in [-0.4, -0.2) is 19.1 Å². The third-order valence-corrected chi connectivity index (χ3v) is 4.65. The molecule has 2 nitrogen and oxygen atoms in total. The Bertz CT molecular complexity index is 314. The molecule has 2 heterocycles. The summed E-state index contributed by atoms with van der Waals surface area (Å²) < 4.78 is 0. The Labute approximate surface area is 109 Å². The summed E-state index contributed by atoms with van der Waals surface area (Å²) in [7, 11) is 0. The molecule has 1 aromatic heterocycles. The number of nitrogens with one attached hydrogen (secondary N) is 2. The molecule has 1 aromatic rings. The van der Waals surface area contributed by atoms with Crippen LogP contribution in [0.15, 0.2) is 12.1 Å². The molecule has 1 atom stereocenters. The van der Waals surface area contributed by atoms with Crippen molar-refractivity contribution in [1.29, 1.82) is 0 Å². The minimum Gasteiger partial charge on any atom is -0.313 e. The Balaban J connectivity index is 1.67. The van der Waals surface area contributed by atoms with Crippen LogP contribution in [0.2, 0.25) is 0 Å². The van der Waals surface area contributed by atoms with E-state index in [9.17, 15) is 0 Å². The molecular weight excluding hydrogens is 228 g/mol. The first-order chi connectivity index (χ1) is 8.38. The van der Waals surface area contributed by atoms with Gasteiger partial charge in [-0.05, 0) is 37.9 Å². The molecule has 3 heteroatoms. The van der Waals surface area contributed by atoms with Crippen molar-refractivity contribution < 1.29 is 0 Å². The van der Waals surface area contributed by atoms with Crippen LogP contribution in [0, 0.1) is 0 Å². The molecule has 1 fully saturated rings. The monoisotopic (exact) mass is 252 g/mol.